The number of hydrogen-bond donors (Lipinski definition) is 0. The van der Waals surface area contributed by atoms with E-state index < -0.39 is 0 Å². The summed E-state index contributed by atoms with van der Waals surface area (Å²) in [5.74, 6) is 0.325. The number of aromatic nitrogens is 2. The molecule has 94 valence electrons. The molecule has 0 amide bonds. The maximum Gasteiger partial charge on any atom is 0.221 e. The molecule has 0 aliphatic heterocycles. The van der Waals surface area contributed by atoms with Crippen molar-refractivity contribution >= 4 is 12.6 Å². The molecule has 6 heteroatoms. The summed E-state index contributed by atoms with van der Waals surface area (Å²) in [6.07, 6.45) is 3.37. The summed E-state index contributed by atoms with van der Waals surface area (Å²) in [5.41, 5.74) is 1.43. The predicted octanol–water partition coefficient (Wildman–Crippen LogP) is 2.49. The zero-order valence-electron chi connectivity index (χ0n) is 10.2. The molecule has 0 spiro atoms. The monoisotopic (exact) mass is 252 g/mol. The highest BCUT2D eigenvalue weighted by Gasteiger charge is 2.02. The Morgan fingerprint density at radius 3 is 2.47 bits per heavy atom. The third kappa shape index (κ3) is 3.88. The van der Waals surface area contributed by atoms with Gasteiger partial charge in [-0.05, 0) is 24.3 Å². The molecule has 0 fully saturated rings. The first-order valence-electron chi connectivity index (χ1n) is 5.62. The lowest BCUT2D eigenvalue weighted by molar-refractivity contribution is 0.919. The first-order valence-corrected chi connectivity index (χ1v) is 5.62. The Morgan fingerprint density at radius 2 is 1.84 bits per heavy atom. The molecule has 0 aromatic carbocycles. The highest BCUT2D eigenvalue weighted by atomic mass is 15.3. The van der Waals surface area contributed by atoms with Crippen molar-refractivity contribution in [3.63, 3.8) is 0 Å². The number of amidine groups is 1. The average Bonchev–Trinajstić information content (AvgIpc) is 2.48. The average molecular weight is 252 g/mol. The summed E-state index contributed by atoms with van der Waals surface area (Å²) >= 11 is 0. The van der Waals surface area contributed by atoms with E-state index in [1.54, 1.807) is 18.5 Å². The normalized spacial score (nSPS) is 11.7. The lowest BCUT2D eigenvalue weighted by atomic mass is 10.3. The molecule has 19 heavy (non-hydrogen) atoms. The van der Waals surface area contributed by atoms with E-state index in [0.29, 0.717) is 18.1 Å². The standard InChI is InChI=1S/C13H12N6/c1-14-18-13(12-7-3-5-9-16-12)19-17-10-11-6-2-4-8-15-11/h2-9H,1,10H2/b18-13-,19-17-. The van der Waals surface area contributed by atoms with Gasteiger partial charge in [0.15, 0.2) is 0 Å². The van der Waals surface area contributed by atoms with E-state index in [-0.39, 0.29) is 0 Å². The first kappa shape index (κ1) is 12.7. The number of rotatable bonds is 4. The van der Waals surface area contributed by atoms with Crippen LogP contribution in [-0.2, 0) is 6.54 Å². The molecule has 2 aromatic heterocycles. The summed E-state index contributed by atoms with van der Waals surface area (Å²) in [5, 5.41) is 15.3. The minimum Gasteiger partial charge on any atom is -0.259 e. The predicted molar refractivity (Wildman–Crippen MR) is 73.1 cm³/mol. The fourth-order valence-electron chi connectivity index (χ4n) is 1.35. The lowest BCUT2D eigenvalue weighted by Gasteiger charge is -1.96. The summed E-state index contributed by atoms with van der Waals surface area (Å²) in [4.78, 5) is 8.28. The summed E-state index contributed by atoms with van der Waals surface area (Å²) in [7, 11) is 0. The molecule has 0 saturated heterocycles. The summed E-state index contributed by atoms with van der Waals surface area (Å²) in [6.45, 7) is 3.69. The second kappa shape index (κ2) is 6.85. The minimum absolute atomic E-state index is 0.325. The number of hydrogen-bond acceptors (Lipinski definition) is 5. The second-order valence-corrected chi connectivity index (χ2v) is 3.50. The third-order valence-electron chi connectivity index (χ3n) is 2.18. The van der Waals surface area contributed by atoms with Crippen molar-refractivity contribution in [2.45, 2.75) is 6.54 Å². The molecule has 0 radical (unpaired) electrons. The second-order valence-electron chi connectivity index (χ2n) is 3.50. The maximum absolute atomic E-state index is 4.15. The van der Waals surface area contributed by atoms with E-state index in [1.165, 1.54) is 0 Å². The Balaban J connectivity index is 2.10. The molecule has 0 atom stereocenters. The van der Waals surface area contributed by atoms with E-state index in [4.69, 9.17) is 0 Å². The molecule has 0 bridgehead atoms. The van der Waals surface area contributed by atoms with E-state index in [0.717, 1.165) is 5.69 Å². The fraction of sp³-hybridized carbons (Fsp3) is 0.0769. The molecule has 0 N–H and O–H groups in total. The highest BCUT2D eigenvalue weighted by Crippen LogP contribution is 2.02. The van der Waals surface area contributed by atoms with Gasteiger partial charge in [-0.15, -0.1) is 10.2 Å². The third-order valence-corrected chi connectivity index (χ3v) is 2.18. The maximum atomic E-state index is 4.15. The van der Waals surface area contributed by atoms with Crippen molar-refractivity contribution in [2.75, 3.05) is 0 Å². The molecule has 2 rings (SSSR count). The lowest BCUT2D eigenvalue weighted by Crippen LogP contribution is -1.99. The van der Waals surface area contributed by atoms with Gasteiger partial charge in [0.05, 0.1) is 5.69 Å². The Morgan fingerprint density at radius 1 is 1.05 bits per heavy atom. The van der Waals surface area contributed by atoms with Crippen LogP contribution in [0, 0.1) is 0 Å². The van der Waals surface area contributed by atoms with Crippen molar-refractivity contribution in [2.24, 2.45) is 20.4 Å². The SMILES string of the molecule is C=N/N=C(\N=N/Cc1ccccn1)c1ccccn1. The van der Waals surface area contributed by atoms with Gasteiger partial charge in [-0.25, -0.2) is 0 Å². The highest BCUT2D eigenvalue weighted by molar-refractivity contribution is 5.97. The van der Waals surface area contributed by atoms with Gasteiger partial charge in [0.25, 0.3) is 0 Å². The van der Waals surface area contributed by atoms with Gasteiger partial charge < -0.3 is 0 Å². The first-order chi connectivity index (χ1) is 9.40. The Labute approximate surface area is 110 Å². The van der Waals surface area contributed by atoms with Crippen molar-refractivity contribution in [1.82, 2.24) is 9.97 Å². The van der Waals surface area contributed by atoms with Crippen LogP contribution in [0.4, 0.5) is 0 Å². The molecule has 0 unspecified atom stereocenters. The van der Waals surface area contributed by atoms with Gasteiger partial charge in [0.1, 0.15) is 12.2 Å². The number of azo groups is 1. The minimum atomic E-state index is 0.325. The molecule has 0 aliphatic rings. The van der Waals surface area contributed by atoms with Gasteiger partial charge in [0.2, 0.25) is 5.84 Å². The Kier molecular flexibility index (Phi) is 4.58. The molecule has 0 aliphatic carbocycles. The Bertz CT molecular complexity index is 577. The van der Waals surface area contributed by atoms with Crippen LogP contribution < -0.4 is 0 Å². The molecular formula is C13H12N6. The smallest absolute Gasteiger partial charge is 0.221 e. The van der Waals surface area contributed by atoms with Crippen LogP contribution in [0.3, 0.4) is 0 Å². The van der Waals surface area contributed by atoms with Gasteiger partial charge in [-0.1, -0.05) is 12.1 Å². The molecule has 2 heterocycles. The zero-order valence-corrected chi connectivity index (χ0v) is 10.2. The van der Waals surface area contributed by atoms with Gasteiger partial charge in [-0.3, -0.25) is 9.97 Å². The molecule has 2 aromatic rings. The van der Waals surface area contributed by atoms with Crippen LogP contribution in [0.25, 0.3) is 0 Å². The van der Waals surface area contributed by atoms with E-state index in [2.05, 4.69) is 37.1 Å². The van der Waals surface area contributed by atoms with Crippen LogP contribution in [0.1, 0.15) is 11.4 Å². The van der Waals surface area contributed by atoms with Crippen LogP contribution in [0.2, 0.25) is 0 Å². The molecule has 6 nitrogen and oxygen atoms in total. The van der Waals surface area contributed by atoms with Crippen LogP contribution in [-0.4, -0.2) is 22.5 Å². The topological polar surface area (TPSA) is 75.2 Å². The Hall–Kier alpha value is -2.76. The van der Waals surface area contributed by atoms with Gasteiger partial charge >= 0.3 is 0 Å². The van der Waals surface area contributed by atoms with Gasteiger partial charge in [0, 0.05) is 19.1 Å². The van der Waals surface area contributed by atoms with Crippen LogP contribution >= 0.6 is 0 Å². The van der Waals surface area contributed by atoms with Crippen molar-refractivity contribution in [3.8, 4) is 0 Å². The van der Waals surface area contributed by atoms with Crippen molar-refractivity contribution in [3.05, 3.63) is 60.2 Å². The van der Waals surface area contributed by atoms with E-state index in [9.17, 15) is 0 Å². The van der Waals surface area contributed by atoms with Crippen molar-refractivity contribution < 1.29 is 0 Å². The van der Waals surface area contributed by atoms with Crippen LogP contribution in [0.5, 0.6) is 0 Å². The summed E-state index contributed by atoms with van der Waals surface area (Å²) in [6, 6.07) is 11.1. The van der Waals surface area contributed by atoms with Crippen LogP contribution in [0.15, 0.2) is 69.2 Å². The zero-order chi connectivity index (χ0) is 13.3. The number of pyridine rings is 2. The van der Waals surface area contributed by atoms with E-state index >= 15 is 0 Å². The molecule has 0 saturated carbocycles. The van der Waals surface area contributed by atoms with Gasteiger partial charge in [-0.2, -0.15) is 10.2 Å². The van der Waals surface area contributed by atoms with Crippen molar-refractivity contribution in [1.29, 1.82) is 0 Å². The summed E-state index contributed by atoms with van der Waals surface area (Å²) < 4.78 is 0. The fourth-order valence-corrected chi connectivity index (χ4v) is 1.35. The number of nitrogens with zero attached hydrogens (tertiary/aromatic N) is 6. The van der Waals surface area contributed by atoms with E-state index in [1.807, 2.05) is 30.3 Å². The largest absolute Gasteiger partial charge is 0.259 e. The molecular weight excluding hydrogens is 240 g/mol. The quantitative estimate of drug-likeness (QED) is 0.363.